The van der Waals surface area contributed by atoms with Gasteiger partial charge in [-0.15, -0.1) is 0 Å². The molecule has 0 spiro atoms. The highest BCUT2D eigenvalue weighted by Gasteiger charge is 1.95. The Balaban J connectivity index is 2.84. The Bertz CT molecular complexity index is 231. The zero-order valence-corrected chi connectivity index (χ0v) is 5.07. The summed E-state index contributed by atoms with van der Waals surface area (Å²) in [6.45, 7) is 0. The molecule has 1 heterocycles. The Morgan fingerprint density at radius 1 is 1.89 bits per heavy atom. The van der Waals surface area contributed by atoms with Crippen LogP contribution in [0.2, 0.25) is 0 Å². The van der Waals surface area contributed by atoms with Gasteiger partial charge in [-0.3, -0.25) is 4.68 Å². The van der Waals surface area contributed by atoms with Crippen LogP contribution in [0.15, 0.2) is 6.33 Å². The van der Waals surface area contributed by atoms with Gasteiger partial charge in [-0.2, -0.15) is 10.4 Å². The smallest absolute Gasteiger partial charge is 0.140 e. The largest absolute Gasteiger partial charge is 0.252 e. The first-order valence-corrected chi connectivity index (χ1v) is 2.54. The van der Waals surface area contributed by atoms with E-state index in [1.807, 2.05) is 6.07 Å². The lowest BCUT2D eigenvalue weighted by Crippen LogP contribution is -1.97. The third-order valence-corrected chi connectivity index (χ3v) is 1.04. The Kier molecular flexibility index (Phi) is 1.45. The topological polar surface area (TPSA) is 54.5 Å². The average molecular weight is 122 g/mol. The molecule has 0 aliphatic heterocycles. The van der Waals surface area contributed by atoms with Crippen molar-refractivity contribution in [2.24, 2.45) is 7.05 Å². The van der Waals surface area contributed by atoms with Gasteiger partial charge in [-0.1, -0.05) is 0 Å². The van der Waals surface area contributed by atoms with Crippen molar-refractivity contribution in [2.45, 2.75) is 6.42 Å². The van der Waals surface area contributed by atoms with Crippen LogP contribution in [0.25, 0.3) is 0 Å². The van der Waals surface area contributed by atoms with Crippen molar-refractivity contribution in [3.63, 3.8) is 0 Å². The van der Waals surface area contributed by atoms with Crippen LogP contribution in [0.1, 0.15) is 5.82 Å². The first kappa shape index (κ1) is 5.76. The number of hydrogen-bond donors (Lipinski definition) is 0. The number of nitriles is 1. The third kappa shape index (κ3) is 1.05. The van der Waals surface area contributed by atoms with E-state index in [0.29, 0.717) is 12.2 Å². The minimum atomic E-state index is 0.330. The summed E-state index contributed by atoms with van der Waals surface area (Å²) in [5.74, 6) is 0.706. The van der Waals surface area contributed by atoms with E-state index in [4.69, 9.17) is 5.26 Å². The molecule has 46 valence electrons. The predicted molar refractivity (Wildman–Crippen MR) is 30.3 cm³/mol. The van der Waals surface area contributed by atoms with Crippen molar-refractivity contribution in [2.75, 3.05) is 0 Å². The quantitative estimate of drug-likeness (QED) is 0.521. The zero-order valence-electron chi connectivity index (χ0n) is 5.07. The van der Waals surface area contributed by atoms with Gasteiger partial charge in [0.2, 0.25) is 0 Å². The van der Waals surface area contributed by atoms with Crippen LogP contribution in [0, 0.1) is 11.3 Å². The summed E-state index contributed by atoms with van der Waals surface area (Å²) in [6.07, 6.45) is 1.77. The maximum absolute atomic E-state index is 8.23. The summed E-state index contributed by atoms with van der Waals surface area (Å²) in [5, 5.41) is 12.0. The number of aryl methyl sites for hydroxylation is 1. The molecule has 1 aromatic rings. The lowest BCUT2D eigenvalue weighted by atomic mass is 10.4. The van der Waals surface area contributed by atoms with Crippen molar-refractivity contribution in [1.29, 1.82) is 5.26 Å². The molecule has 0 amide bonds. The van der Waals surface area contributed by atoms with Crippen molar-refractivity contribution in [1.82, 2.24) is 14.8 Å². The van der Waals surface area contributed by atoms with Crippen LogP contribution in [0.4, 0.5) is 0 Å². The molecule has 0 saturated carbocycles. The Morgan fingerprint density at radius 2 is 2.67 bits per heavy atom. The van der Waals surface area contributed by atoms with Crippen LogP contribution < -0.4 is 0 Å². The molecular formula is C5H6N4. The Labute approximate surface area is 52.7 Å². The molecule has 0 aliphatic carbocycles. The van der Waals surface area contributed by atoms with Gasteiger partial charge in [0.1, 0.15) is 12.2 Å². The number of hydrogen-bond acceptors (Lipinski definition) is 3. The fourth-order valence-corrected chi connectivity index (χ4v) is 0.551. The first-order valence-electron chi connectivity index (χ1n) is 2.54. The first-order chi connectivity index (χ1) is 4.34. The molecule has 0 fully saturated rings. The molecule has 4 heteroatoms. The standard InChI is InChI=1S/C5H6N4/c1-9-5(2-3-6)7-4-8-9/h4H,2H2,1H3. The van der Waals surface area contributed by atoms with Gasteiger partial charge in [-0.25, -0.2) is 4.98 Å². The van der Waals surface area contributed by atoms with Gasteiger partial charge in [0.15, 0.2) is 0 Å². The summed E-state index contributed by atoms with van der Waals surface area (Å²) in [7, 11) is 1.76. The van der Waals surface area contributed by atoms with E-state index in [0.717, 1.165) is 0 Å². The molecule has 4 nitrogen and oxygen atoms in total. The van der Waals surface area contributed by atoms with Gasteiger partial charge >= 0.3 is 0 Å². The summed E-state index contributed by atoms with van der Waals surface area (Å²) < 4.78 is 1.59. The van der Waals surface area contributed by atoms with Gasteiger partial charge in [0.05, 0.1) is 12.5 Å². The van der Waals surface area contributed by atoms with Crippen molar-refractivity contribution in [3.8, 4) is 6.07 Å². The highest BCUT2D eigenvalue weighted by atomic mass is 15.3. The van der Waals surface area contributed by atoms with Gasteiger partial charge in [0.25, 0.3) is 0 Å². The normalized spacial score (nSPS) is 8.89. The molecule has 0 bridgehead atoms. The SMILES string of the molecule is Cn1ncnc1CC#N. The highest BCUT2D eigenvalue weighted by molar-refractivity contribution is 4.93. The average Bonchev–Trinajstić information content (AvgIpc) is 2.18. The Hall–Kier alpha value is -1.37. The molecular weight excluding hydrogens is 116 g/mol. The maximum Gasteiger partial charge on any atom is 0.140 e. The lowest BCUT2D eigenvalue weighted by molar-refractivity contribution is 0.722. The van der Waals surface area contributed by atoms with Crippen LogP contribution in [0.5, 0.6) is 0 Å². The summed E-state index contributed by atoms with van der Waals surface area (Å²) in [4.78, 5) is 3.83. The van der Waals surface area contributed by atoms with Crippen LogP contribution in [0.3, 0.4) is 0 Å². The molecule has 1 aromatic heterocycles. The van der Waals surface area contributed by atoms with Gasteiger partial charge in [-0.05, 0) is 0 Å². The fraction of sp³-hybridized carbons (Fsp3) is 0.400. The number of rotatable bonds is 1. The summed E-state index contributed by atoms with van der Waals surface area (Å²) >= 11 is 0. The molecule has 1 rings (SSSR count). The lowest BCUT2D eigenvalue weighted by Gasteiger charge is -1.89. The van der Waals surface area contributed by atoms with E-state index < -0.39 is 0 Å². The van der Waals surface area contributed by atoms with Crippen LogP contribution in [-0.2, 0) is 13.5 Å². The number of nitrogens with zero attached hydrogens (tertiary/aromatic N) is 4. The molecule has 0 saturated heterocycles. The second-order valence-electron chi connectivity index (χ2n) is 1.63. The van der Waals surface area contributed by atoms with E-state index >= 15 is 0 Å². The fourth-order valence-electron chi connectivity index (χ4n) is 0.551. The van der Waals surface area contributed by atoms with E-state index in [-0.39, 0.29) is 0 Å². The summed E-state index contributed by atoms with van der Waals surface area (Å²) in [6, 6.07) is 1.99. The van der Waals surface area contributed by atoms with E-state index in [9.17, 15) is 0 Å². The van der Waals surface area contributed by atoms with Crippen molar-refractivity contribution < 1.29 is 0 Å². The monoisotopic (exact) mass is 122 g/mol. The van der Waals surface area contributed by atoms with Crippen LogP contribution in [-0.4, -0.2) is 14.8 Å². The molecule has 0 atom stereocenters. The second-order valence-corrected chi connectivity index (χ2v) is 1.63. The second kappa shape index (κ2) is 2.27. The molecule has 9 heavy (non-hydrogen) atoms. The van der Waals surface area contributed by atoms with Gasteiger partial charge in [0, 0.05) is 7.05 Å². The van der Waals surface area contributed by atoms with Crippen molar-refractivity contribution in [3.05, 3.63) is 12.2 Å². The van der Waals surface area contributed by atoms with E-state index in [1.54, 1.807) is 11.7 Å². The van der Waals surface area contributed by atoms with Crippen LogP contribution >= 0.6 is 0 Å². The third-order valence-electron chi connectivity index (χ3n) is 1.04. The molecule has 0 N–H and O–H groups in total. The number of aromatic nitrogens is 3. The van der Waals surface area contributed by atoms with Crippen molar-refractivity contribution >= 4 is 0 Å². The molecule has 0 aromatic carbocycles. The summed E-state index contributed by atoms with van der Waals surface area (Å²) in [5.41, 5.74) is 0. The minimum absolute atomic E-state index is 0.330. The highest BCUT2D eigenvalue weighted by Crippen LogP contribution is 1.88. The maximum atomic E-state index is 8.23. The predicted octanol–water partition coefficient (Wildman–Crippen LogP) is -0.119. The van der Waals surface area contributed by atoms with Gasteiger partial charge < -0.3 is 0 Å². The zero-order chi connectivity index (χ0) is 6.69. The molecule has 0 aliphatic rings. The van der Waals surface area contributed by atoms with E-state index in [1.165, 1.54) is 6.33 Å². The van der Waals surface area contributed by atoms with E-state index in [2.05, 4.69) is 10.1 Å². The minimum Gasteiger partial charge on any atom is -0.252 e. The molecule has 0 radical (unpaired) electrons. The Morgan fingerprint density at radius 3 is 3.11 bits per heavy atom. The molecule has 0 unspecified atom stereocenters.